The number of hydrogen-bond acceptors (Lipinski definition) is 4. The number of carboxylic acid groups (broad SMARTS) is 1. The van der Waals surface area contributed by atoms with Crippen LogP contribution in [0, 0.1) is 5.92 Å². The van der Waals surface area contributed by atoms with Crippen molar-refractivity contribution < 1.29 is 14.6 Å². The summed E-state index contributed by atoms with van der Waals surface area (Å²) in [4.78, 5) is 13.9. The molecular formula is C16H24N2O3. The molecule has 0 heterocycles. The minimum absolute atomic E-state index is 0.211. The smallest absolute Gasteiger partial charge is 0.326 e. The Hall–Kier alpha value is -1.75. The Kier molecular flexibility index (Phi) is 4.73. The first kappa shape index (κ1) is 15.6. The molecule has 1 saturated carbocycles. The van der Waals surface area contributed by atoms with Gasteiger partial charge in [-0.3, -0.25) is 4.79 Å². The van der Waals surface area contributed by atoms with Crippen molar-refractivity contribution in [3.05, 3.63) is 24.3 Å². The monoisotopic (exact) mass is 292 g/mol. The summed E-state index contributed by atoms with van der Waals surface area (Å²) >= 11 is 0. The highest BCUT2D eigenvalue weighted by molar-refractivity contribution is 5.81. The number of methoxy groups -OCH3 is 1. The Labute approximate surface area is 125 Å². The number of ether oxygens (including phenoxy) is 1. The number of carbonyl (C=O) groups is 1. The quantitative estimate of drug-likeness (QED) is 0.767. The number of anilines is 1. The zero-order chi connectivity index (χ0) is 15.5. The van der Waals surface area contributed by atoms with Crippen molar-refractivity contribution in [3.63, 3.8) is 0 Å². The molecule has 0 aromatic heterocycles. The van der Waals surface area contributed by atoms with Crippen LogP contribution in [0.5, 0.6) is 5.75 Å². The van der Waals surface area contributed by atoms with Crippen LogP contribution in [-0.4, -0.2) is 43.9 Å². The molecule has 0 saturated heterocycles. The van der Waals surface area contributed by atoms with E-state index in [9.17, 15) is 9.90 Å². The predicted molar refractivity (Wildman–Crippen MR) is 83.0 cm³/mol. The zero-order valence-corrected chi connectivity index (χ0v) is 12.9. The Morgan fingerprint density at radius 3 is 2.76 bits per heavy atom. The SMILES string of the molecule is CCNC(CN(C)c1cccc(OC)c1)(C(=O)O)C1CC1. The fourth-order valence-electron chi connectivity index (χ4n) is 2.85. The molecule has 0 radical (unpaired) electrons. The van der Waals surface area contributed by atoms with Gasteiger partial charge in [0.05, 0.1) is 7.11 Å². The predicted octanol–water partition coefficient (Wildman–Crippen LogP) is 1.97. The molecule has 116 valence electrons. The van der Waals surface area contributed by atoms with E-state index >= 15 is 0 Å². The molecule has 2 rings (SSSR count). The van der Waals surface area contributed by atoms with E-state index in [0.29, 0.717) is 13.1 Å². The van der Waals surface area contributed by atoms with Crippen LogP contribution in [0.1, 0.15) is 19.8 Å². The highest BCUT2D eigenvalue weighted by Crippen LogP contribution is 2.41. The van der Waals surface area contributed by atoms with Crippen molar-refractivity contribution in [2.24, 2.45) is 5.92 Å². The lowest BCUT2D eigenvalue weighted by molar-refractivity contribution is -0.145. The third-order valence-corrected chi connectivity index (χ3v) is 4.13. The van der Waals surface area contributed by atoms with Crippen molar-refractivity contribution in [2.75, 3.05) is 32.1 Å². The summed E-state index contributed by atoms with van der Waals surface area (Å²) < 4.78 is 5.23. The van der Waals surface area contributed by atoms with Gasteiger partial charge in [-0.1, -0.05) is 13.0 Å². The average Bonchev–Trinajstić information content (AvgIpc) is 3.31. The van der Waals surface area contributed by atoms with E-state index in [1.165, 1.54) is 0 Å². The number of likely N-dealkylation sites (N-methyl/N-ethyl adjacent to an activating group) is 2. The summed E-state index contributed by atoms with van der Waals surface area (Å²) in [5.74, 6) is 0.222. The van der Waals surface area contributed by atoms with Crippen LogP contribution in [0.15, 0.2) is 24.3 Å². The minimum Gasteiger partial charge on any atom is -0.497 e. The van der Waals surface area contributed by atoms with Crippen LogP contribution >= 0.6 is 0 Å². The largest absolute Gasteiger partial charge is 0.497 e. The summed E-state index contributed by atoms with van der Waals surface area (Å²) in [6.45, 7) is 3.04. The van der Waals surface area contributed by atoms with Gasteiger partial charge in [-0.05, 0) is 37.4 Å². The number of carboxylic acids is 1. The maximum Gasteiger partial charge on any atom is 0.326 e. The van der Waals surface area contributed by atoms with Crippen molar-refractivity contribution in [2.45, 2.75) is 25.3 Å². The van der Waals surface area contributed by atoms with Crippen molar-refractivity contribution in [3.8, 4) is 5.75 Å². The molecule has 1 fully saturated rings. The van der Waals surface area contributed by atoms with Gasteiger partial charge in [0.15, 0.2) is 0 Å². The van der Waals surface area contributed by atoms with E-state index in [-0.39, 0.29) is 5.92 Å². The average molecular weight is 292 g/mol. The lowest BCUT2D eigenvalue weighted by Gasteiger charge is -2.35. The van der Waals surface area contributed by atoms with Crippen molar-refractivity contribution in [1.82, 2.24) is 5.32 Å². The Bertz CT molecular complexity index is 502. The van der Waals surface area contributed by atoms with Gasteiger partial charge in [-0.2, -0.15) is 0 Å². The van der Waals surface area contributed by atoms with Crippen molar-refractivity contribution >= 4 is 11.7 Å². The normalized spacial score (nSPS) is 17.1. The van der Waals surface area contributed by atoms with E-state index in [4.69, 9.17) is 4.74 Å². The van der Waals surface area contributed by atoms with Gasteiger partial charge in [0.1, 0.15) is 11.3 Å². The minimum atomic E-state index is -0.868. The molecule has 1 aliphatic carbocycles. The van der Waals surface area contributed by atoms with Crippen LogP contribution < -0.4 is 15.0 Å². The zero-order valence-electron chi connectivity index (χ0n) is 12.9. The van der Waals surface area contributed by atoms with Gasteiger partial charge in [-0.15, -0.1) is 0 Å². The Balaban J connectivity index is 2.20. The number of benzene rings is 1. The van der Waals surface area contributed by atoms with Crippen molar-refractivity contribution in [1.29, 1.82) is 0 Å². The molecule has 0 amide bonds. The summed E-state index contributed by atoms with van der Waals surface area (Å²) in [6.07, 6.45) is 1.95. The van der Waals surface area contributed by atoms with E-state index in [2.05, 4.69) is 5.32 Å². The third kappa shape index (κ3) is 3.29. The first-order valence-corrected chi connectivity index (χ1v) is 7.37. The first-order chi connectivity index (χ1) is 10.0. The van der Waals surface area contributed by atoms with E-state index in [1.807, 2.05) is 43.1 Å². The second-order valence-corrected chi connectivity index (χ2v) is 5.64. The lowest BCUT2D eigenvalue weighted by Crippen LogP contribution is -2.60. The maximum atomic E-state index is 11.9. The molecule has 0 bridgehead atoms. The fourth-order valence-corrected chi connectivity index (χ4v) is 2.85. The summed E-state index contributed by atoms with van der Waals surface area (Å²) in [6, 6.07) is 7.68. The number of nitrogens with zero attached hydrogens (tertiary/aromatic N) is 1. The highest BCUT2D eigenvalue weighted by Gasteiger charge is 2.51. The molecule has 5 nitrogen and oxygen atoms in total. The molecule has 5 heteroatoms. The molecule has 1 unspecified atom stereocenters. The van der Waals surface area contributed by atoms with E-state index in [1.54, 1.807) is 7.11 Å². The molecule has 1 aromatic rings. The molecule has 2 N–H and O–H groups in total. The van der Waals surface area contributed by atoms with E-state index < -0.39 is 11.5 Å². The fraction of sp³-hybridized carbons (Fsp3) is 0.562. The lowest BCUT2D eigenvalue weighted by atomic mass is 9.92. The maximum absolute atomic E-state index is 11.9. The summed E-state index contributed by atoms with van der Waals surface area (Å²) in [5.41, 5.74) is 0.0885. The molecular weight excluding hydrogens is 268 g/mol. The summed E-state index contributed by atoms with van der Waals surface area (Å²) in [5, 5.41) is 13.0. The van der Waals surface area contributed by atoms with Gasteiger partial charge in [-0.25, -0.2) is 0 Å². The summed E-state index contributed by atoms with van der Waals surface area (Å²) in [7, 11) is 3.55. The molecule has 0 spiro atoms. The molecule has 0 aliphatic heterocycles. The standard InChI is InChI=1S/C16H24N2O3/c1-4-17-16(15(19)20,12-8-9-12)11-18(2)13-6-5-7-14(10-13)21-3/h5-7,10,12,17H,4,8-9,11H2,1-3H3,(H,19,20). The van der Waals surface area contributed by atoms with Gasteiger partial charge >= 0.3 is 5.97 Å². The molecule has 1 atom stereocenters. The third-order valence-electron chi connectivity index (χ3n) is 4.13. The first-order valence-electron chi connectivity index (χ1n) is 7.37. The Morgan fingerprint density at radius 1 is 1.52 bits per heavy atom. The topological polar surface area (TPSA) is 61.8 Å². The van der Waals surface area contributed by atoms with Gasteiger partial charge in [0.2, 0.25) is 0 Å². The van der Waals surface area contributed by atoms with E-state index in [0.717, 1.165) is 24.3 Å². The van der Waals surface area contributed by atoms with Crippen LogP contribution in [0.2, 0.25) is 0 Å². The van der Waals surface area contributed by atoms with Gasteiger partial charge < -0.3 is 20.1 Å². The number of rotatable bonds is 8. The highest BCUT2D eigenvalue weighted by atomic mass is 16.5. The Morgan fingerprint density at radius 2 is 2.24 bits per heavy atom. The number of nitrogens with one attached hydrogen (secondary N) is 1. The van der Waals surface area contributed by atoms with Crippen LogP contribution in [0.4, 0.5) is 5.69 Å². The van der Waals surface area contributed by atoms with Crippen LogP contribution in [0.3, 0.4) is 0 Å². The van der Waals surface area contributed by atoms with Crippen LogP contribution in [-0.2, 0) is 4.79 Å². The van der Waals surface area contributed by atoms with Crippen LogP contribution in [0.25, 0.3) is 0 Å². The van der Waals surface area contributed by atoms with Gasteiger partial charge in [0.25, 0.3) is 0 Å². The molecule has 1 aromatic carbocycles. The second kappa shape index (κ2) is 6.35. The number of aliphatic carboxylic acids is 1. The molecule has 1 aliphatic rings. The second-order valence-electron chi connectivity index (χ2n) is 5.64. The van der Waals surface area contributed by atoms with Gasteiger partial charge in [0, 0.05) is 25.3 Å². The number of hydrogen-bond donors (Lipinski definition) is 2. The molecule has 21 heavy (non-hydrogen) atoms.